The minimum Gasteiger partial charge on any atom is -0.497 e. The fourth-order valence-corrected chi connectivity index (χ4v) is 12.5. The van der Waals surface area contributed by atoms with Crippen LogP contribution in [0.25, 0.3) is 0 Å². The molecule has 0 amide bonds. The predicted molar refractivity (Wildman–Crippen MR) is 200 cm³/mol. The van der Waals surface area contributed by atoms with Gasteiger partial charge in [0.2, 0.25) is 0 Å². The average Bonchev–Trinajstić information content (AvgIpc) is 3.07. The molecule has 48 heavy (non-hydrogen) atoms. The number of benzene rings is 3. The Morgan fingerprint density at radius 1 is 0.938 bits per heavy atom. The maximum atomic E-state index is 13.6. The highest BCUT2D eigenvalue weighted by molar-refractivity contribution is 6.99. The Bertz CT molecular complexity index is 1410. The second-order valence-corrected chi connectivity index (χ2v) is 23.7. The van der Waals surface area contributed by atoms with Gasteiger partial charge in [-0.2, -0.15) is 0 Å². The van der Waals surface area contributed by atoms with Crippen molar-refractivity contribution in [3.8, 4) is 5.75 Å². The Labute approximate surface area is 291 Å². The summed E-state index contributed by atoms with van der Waals surface area (Å²) in [6.07, 6.45) is 4.02. The van der Waals surface area contributed by atoms with Gasteiger partial charge in [0.15, 0.2) is 20.4 Å². The summed E-state index contributed by atoms with van der Waals surface area (Å²) in [6, 6.07) is 29.0. The lowest BCUT2D eigenvalue weighted by Crippen LogP contribution is -2.67. The van der Waals surface area contributed by atoms with E-state index in [1.54, 1.807) is 13.2 Å². The van der Waals surface area contributed by atoms with Crippen molar-refractivity contribution in [2.45, 2.75) is 90.6 Å². The van der Waals surface area contributed by atoms with Gasteiger partial charge in [-0.25, -0.2) is 0 Å². The van der Waals surface area contributed by atoms with Gasteiger partial charge < -0.3 is 23.1 Å². The van der Waals surface area contributed by atoms with Gasteiger partial charge in [0, 0.05) is 23.8 Å². The van der Waals surface area contributed by atoms with Crippen molar-refractivity contribution >= 4 is 32.8 Å². The van der Waals surface area contributed by atoms with E-state index in [1.165, 1.54) is 10.4 Å². The van der Waals surface area contributed by atoms with E-state index in [0.717, 1.165) is 17.7 Å². The fourth-order valence-electron chi connectivity index (χ4n) is 6.71. The van der Waals surface area contributed by atoms with Gasteiger partial charge >= 0.3 is 0 Å². The lowest BCUT2D eigenvalue weighted by Gasteiger charge is -2.44. The van der Waals surface area contributed by atoms with Crippen LogP contribution in [0.4, 0.5) is 0 Å². The Morgan fingerprint density at radius 2 is 1.52 bits per heavy atom. The van der Waals surface area contributed by atoms with E-state index in [9.17, 15) is 4.79 Å². The second-order valence-electron chi connectivity index (χ2n) is 14.9. The van der Waals surface area contributed by atoms with Crippen LogP contribution in [0.5, 0.6) is 5.75 Å². The van der Waals surface area contributed by atoms with Gasteiger partial charge in [-0.15, -0.1) is 0 Å². The molecule has 1 aliphatic rings. The number of ketones is 1. The van der Waals surface area contributed by atoms with Crippen molar-refractivity contribution in [3.05, 3.63) is 103 Å². The third kappa shape index (κ3) is 9.64. The molecule has 0 aromatic heterocycles. The molecule has 1 unspecified atom stereocenters. The zero-order valence-electron chi connectivity index (χ0n) is 30.4. The minimum atomic E-state index is -2.78. The maximum absolute atomic E-state index is 13.6. The van der Waals surface area contributed by atoms with Crippen LogP contribution in [0.2, 0.25) is 24.7 Å². The average molecular weight is 689 g/mol. The van der Waals surface area contributed by atoms with Gasteiger partial charge in [0.1, 0.15) is 5.75 Å². The molecule has 3 aromatic rings. The second kappa shape index (κ2) is 16.7. The number of ether oxygens (including phenoxy) is 3. The fraction of sp³-hybridized carbons (Fsp3) is 0.475. The summed E-state index contributed by atoms with van der Waals surface area (Å²) < 4.78 is 31.8. The number of carbonyl (C=O) groups is 1. The molecule has 0 saturated carbocycles. The van der Waals surface area contributed by atoms with Crippen LogP contribution < -0.4 is 15.1 Å². The Balaban J connectivity index is 1.51. The zero-order valence-corrected chi connectivity index (χ0v) is 32.4. The first-order valence-electron chi connectivity index (χ1n) is 17.3. The van der Waals surface area contributed by atoms with Gasteiger partial charge in [0.25, 0.3) is 8.32 Å². The molecule has 4 rings (SSSR count). The standard InChI is InChI=1S/C40H56O6Si2/c1-10-31-28-43-39(32-22-25-34(42-6)26-23-32)45-38(31)30(2)21-24-33(41)27-35(46-47(7,8)9)29-44-48(40(3,4)5,36-17-13-11-14-18-36)37-19-15-12-16-20-37/h11-26,30-31,35,38-39H,10,27-29H2,1-9H3/b24-21+/t30-,31-,35+,38-,39?/m1/s1. The van der Waals surface area contributed by atoms with Crippen molar-refractivity contribution in [2.75, 3.05) is 20.3 Å². The largest absolute Gasteiger partial charge is 0.497 e. The molecule has 5 atom stereocenters. The normalized spacial score (nSPS) is 20.4. The van der Waals surface area contributed by atoms with E-state index in [-0.39, 0.29) is 41.3 Å². The van der Waals surface area contributed by atoms with Crippen LogP contribution >= 0.6 is 0 Å². The van der Waals surface area contributed by atoms with Gasteiger partial charge in [-0.05, 0) is 59.7 Å². The quantitative estimate of drug-likeness (QED) is 0.119. The minimum absolute atomic E-state index is 0.0215. The third-order valence-corrected chi connectivity index (χ3v) is 15.1. The Morgan fingerprint density at radius 3 is 2.02 bits per heavy atom. The molecule has 3 aromatic carbocycles. The molecule has 260 valence electrons. The summed E-state index contributed by atoms with van der Waals surface area (Å²) in [6.45, 7) is 18.5. The molecule has 6 nitrogen and oxygen atoms in total. The number of carbonyl (C=O) groups excluding carboxylic acids is 1. The summed E-state index contributed by atoms with van der Waals surface area (Å²) in [4.78, 5) is 13.6. The third-order valence-electron chi connectivity index (χ3n) is 9.07. The SMILES string of the molecule is CC[C@@H]1COC(c2ccc(OC)cc2)O[C@@H]1[C@H](C)/C=C/C(=O)C[C@@H](CO[Si](c1ccccc1)(c1ccccc1)C(C)(C)C)O[Si](C)(C)C. The van der Waals surface area contributed by atoms with E-state index < -0.39 is 22.9 Å². The predicted octanol–water partition coefficient (Wildman–Crippen LogP) is 8.08. The first-order chi connectivity index (χ1) is 22.8. The van der Waals surface area contributed by atoms with Crippen molar-refractivity contribution in [1.82, 2.24) is 0 Å². The maximum Gasteiger partial charge on any atom is 0.261 e. The summed E-state index contributed by atoms with van der Waals surface area (Å²) in [7, 11) is -3.13. The van der Waals surface area contributed by atoms with Crippen LogP contribution in [-0.2, 0) is 23.1 Å². The monoisotopic (exact) mass is 688 g/mol. The molecule has 1 fully saturated rings. The van der Waals surface area contributed by atoms with Crippen LogP contribution in [0.15, 0.2) is 97.1 Å². The van der Waals surface area contributed by atoms with E-state index in [4.69, 9.17) is 23.1 Å². The van der Waals surface area contributed by atoms with Crippen LogP contribution in [-0.4, -0.2) is 54.9 Å². The summed E-state index contributed by atoms with van der Waals surface area (Å²) in [5.74, 6) is 1.08. The zero-order chi connectivity index (χ0) is 35.0. The first-order valence-corrected chi connectivity index (χ1v) is 22.6. The summed E-state index contributed by atoms with van der Waals surface area (Å²) in [5, 5.41) is 2.26. The van der Waals surface area contributed by atoms with Crippen LogP contribution in [0, 0.1) is 11.8 Å². The molecule has 0 radical (unpaired) electrons. The van der Waals surface area contributed by atoms with E-state index >= 15 is 0 Å². The Hall–Kier alpha value is -2.86. The molecule has 1 saturated heterocycles. The number of methoxy groups -OCH3 is 1. The molecule has 0 spiro atoms. The summed E-state index contributed by atoms with van der Waals surface area (Å²) in [5.41, 5.74) is 0.954. The van der Waals surface area contributed by atoms with Crippen LogP contribution in [0.1, 0.15) is 59.3 Å². The molecular weight excluding hydrogens is 633 g/mol. The molecule has 8 heteroatoms. The van der Waals surface area contributed by atoms with E-state index in [1.807, 2.05) is 42.5 Å². The molecule has 0 N–H and O–H groups in total. The number of allylic oxidation sites excluding steroid dienone is 1. The van der Waals surface area contributed by atoms with E-state index in [0.29, 0.717) is 13.2 Å². The molecule has 1 aliphatic heterocycles. The van der Waals surface area contributed by atoms with E-state index in [2.05, 4.69) is 103 Å². The van der Waals surface area contributed by atoms with Crippen LogP contribution in [0.3, 0.4) is 0 Å². The number of hydrogen-bond donors (Lipinski definition) is 0. The van der Waals surface area contributed by atoms with Gasteiger partial charge in [-0.1, -0.05) is 113 Å². The molecule has 1 heterocycles. The topological polar surface area (TPSA) is 63.2 Å². The molecule has 0 aliphatic carbocycles. The highest BCUT2D eigenvalue weighted by atomic mass is 28.4. The number of hydrogen-bond acceptors (Lipinski definition) is 6. The first kappa shape index (κ1) is 38.0. The molecule has 0 bridgehead atoms. The Kier molecular flexibility index (Phi) is 13.2. The molecular formula is C40H56O6Si2. The lowest BCUT2D eigenvalue weighted by atomic mass is 9.89. The van der Waals surface area contributed by atoms with Gasteiger partial charge in [0.05, 0.1) is 32.5 Å². The number of rotatable bonds is 15. The van der Waals surface area contributed by atoms with Crippen molar-refractivity contribution in [1.29, 1.82) is 0 Å². The summed E-state index contributed by atoms with van der Waals surface area (Å²) >= 11 is 0. The highest BCUT2D eigenvalue weighted by Crippen LogP contribution is 2.38. The highest BCUT2D eigenvalue weighted by Gasteiger charge is 2.50. The van der Waals surface area contributed by atoms with Gasteiger partial charge in [-0.3, -0.25) is 4.79 Å². The van der Waals surface area contributed by atoms with Crippen molar-refractivity contribution in [3.63, 3.8) is 0 Å². The lowest BCUT2D eigenvalue weighted by molar-refractivity contribution is -0.249. The smallest absolute Gasteiger partial charge is 0.261 e. The van der Waals surface area contributed by atoms with Crippen molar-refractivity contribution in [2.24, 2.45) is 11.8 Å². The van der Waals surface area contributed by atoms with Crippen molar-refractivity contribution < 1.29 is 27.9 Å².